The van der Waals surface area contributed by atoms with Gasteiger partial charge in [-0.1, -0.05) is 0 Å². The molecule has 1 amide bonds. The van der Waals surface area contributed by atoms with E-state index in [1.165, 1.54) is 18.9 Å². The van der Waals surface area contributed by atoms with Crippen molar-refractivity contribution in [3.8, 4) is 0 Å². The molecule has 6 nitrogen and oxygen atoms in total. The van der Waals surface area contributed by atoms with Gasteiger partial charge in [-0.3, -0.25) is 9.89 Å². The SMILES string of the molecule is Nc1cc(C(=O)NCCOCC2CC2)[nH]n1. The molecular formula is C10H16N4O2. The van der Waals surface area contributed by atoms with Crippen LogP contribution >= 0.6 is 0 Å². The number of H-pyrrole nitrogens is 1. The molecule has 0 spiro atoms. The largest absolute Gasteiger partial charge is 0.382 e. The summed E-state index contributed by atoms with van der Waals surface area (Å²) in [7, 11) is 0. The number of nitrogens with zero attached hydrogens (tertiary/aromatic N) is 1. The number of rotatable bonds is 6. The Kier molecular flexibility index (Phi) is 3.40. The summed E-state index contributed by atoms with van der Waals surface area (Å²) in [5.41, 5.74) is 5.76. The summed E-state index contributed by atoms with van der Waals surface area (Å²) in [6.45, 7) is 1.86. The highest BCUT2D eigenvalue weighted by Gasteiger charge is 2.20. The lowest BCUT2D eigenvalue weighted by Crippen LogP contribution is -2.27. The van der Waals surface area contributed by atoms with Crippen LogP contribution in [0.25, 0.3) is 0 Å². The molecule has 4 N–H and O–H groups in total. The van der Waals surface area contributed by atoms with E-state index in [1.807, 2.05) is 0 Å². The van der Waals surface area contributed by atoms with Gasteiger partial charge in [-0.05, 0) is 18.8 Å². The van der Waals surface area contributed by atoms with Crippen molar-refractivity contribution in [2.75, 3.05) is 25.5 Å². The van der Waals surface area contributed by atoms with Gasteiger partial charge in [0.05, 0.1) is 6.61 Å². The number of nitrogen functional groups attached to an aromatic ring is 1. The third-order valence-corrected chi connectivity index (χ3v) is 2.42. The number of anilines is 1. The number of aromatic amines is 1. The number of carbonyl (C=O) groups is 1. The van der Waals surface area contributed by atoms with Gasteiger partial charge >= 0.3 is 0 Å². The standard InChI is InChI=1S/C10H16N4O2/c11-9-5-8(13-14-9)10(15)12-3-4-16-6-7-1-2-7/h5,7H,1-4,6H2,(H,12,15)(H3,11,13,14). The second-order valence-electron chi connectivity index (χ2n) is 3.98. The van der Waals surface area contributed by atoms with Gasteiger partial charge in [-0.25, -0.2) is 0 Å². The van der Waals surface area contributed by atoms with Crippen molar-refractivity contribution in [2.45, 2.75) is 12.8 Å². The average Bonchev–Trinajstić information content (AvgIpc) is 2.99. The molecule has 88 valence electrons. The van der Waals surface area contributed by atoms with Gasteiger partial charge in [-0.2, -0.15) is 5.10 Å². The summed E-state index contributed by atoms with van der Waals surface area (Å²) in [4.78, 5) is 11.5. The Balaban J connectivity index is 1.59. The minimum Gasteiger partial charge on any atom is -0.382 e. The Morgan fingerprint density at radius 3 is 3.12 bits per heavy atom. The number of carbonyl (C=O) groups excluding carboxylic acids is 1. The highest BCUT2D eigenvalue weighted by molar-refractivity contribution is 5.92. The summed E-state index contributed by atoms with van der Waals surface area (Å²) < 4.78 is 5.38. The quantitative estimate of drug-likeness (QED) is 0.599. The first kappa shape index (κ1) is 10.9. The van der Waals surface area contributed by atoms with E-state index in [0.29, 0.717) is 24.7 Å². The molecule has 1 aliphatic rings. The van der Waals surface area contributed by atoms with Crippen LogP contribution in [0.4, 0.5) is 5.82 Å². The van der Waals surface area contributed by atoms with Crippen molar-refractivity contribution in [3.05, 3.63) is 11.8 Å². The molecule has 0 unspecified atom stereocenters. The van der Waals surface area contributed by atoms with Crippen molar-refractivity contribution >= 4 is 11.7 Å². The van der Waals surface area contributed by atoms with E-state index in [0.717, 1.165) is 12.5 Å². The van der Waals surface area contributed by atoms with Crippen LogP contribution in [0.2, 0.25) is 0 Å². The molecule has 0 atom stereocenters. The fourth-order valence-corrected chi connectivity index (χ4v) is 1.32. The van der Waals surface area contributed by atoms with Gasteiger partial charge < -0.3 is 15.8 Å². The van der Waals surface area contributed by atoms with Crippen molar-refractivity contribution in [2.24, 2.45) is 5.92 Å². The van der Waals surface area contributed by atoms with Crippen LogP contribution in [0.5, 0.6) is 0 Å². The van der Waals surface area contributed by atoms with Crippen LogP contribution in [0.15, 0.2) is 6.07 Å². The highest BCUT2D eigenvalue weighted by Crippen LogP contribution is 2.28. The number of aromatic nitrogens is 2. The molecule has 1 saturated carbocycles. The maximum absolute atomic E-state index is 11.5. The summed E-state index contributed by atoms with van der Waals surface area (Å²) in [6, 6.07) is 1.50. The molecular weight excluding hydrogens is 208 g/mol. The zero-order chi connectivity index (χ0) is 11.4. The molecule has 1 aliphatic carbocycles. The Labute approximate surface area is 93.5 Å². The molecule has 2 rings (SSSR count). The van der Waals surface area contributed by atoms with E-state index in [1.54, 1.807) is 0 Å². The maximum Gasteiger partial charge on any atom is 0.269 e. The van der Waals surface area contributed by atoms with E-state index >= 15 is 0 Å². The molecule has 0 aromatic carbocycles. The topological polar surface area (TPSA) is 93.0 Å². The molecule has 1 aromatic heterocycles. The van der Waals surface area contributed by atoms with Gasteiger partial charge in [0.25, 0.3) is 5.91 Å². The van der Waals surface area contributed by atoms with Crippen LogP contribution in [0.1, 0.15) is 23.3 Å². The molecule has 6 heteroatoms. The predicted molar refractivity (Wildman–Crippen MR) is 58.9 cm³/mol. The van der Waals surface area contributed by atoms with Gasteiger partial charge in [0.2, 0.25) is 0 Å². The number of ether oxygens (including phenoxy) is 1. The predicted octanol–water partition coefficient (Wildman–Crippen LogP) is 0.148. The van der Waals surface area contributed by atoms with Crippen LogP contribution < -0.4 is 11.1 Å². The Morgan fingerprint density at radius 2 is 2.50 bits per heavy atom. The molecule has 0 bridgehead atoms. The zero-order valence-corrected chi connectivity index (χ0v) is 9.03. The van der Waals surface area contributed by atoms with E-state index in [2.05, 4.69) is 15.5 Å². The first-order valence-corrected chi connectivity index (χ1v) is 5.42. The lowest BCUT2D eigenvalue weighted by Gasteiger charge is -2.04. The van der Waals surface area contributed by atoms with E-state index in [4.69, 9.17) is 10.5 Å². The number of amides is 1. The number of nitrogens with two attached hydrogens (primary N) is 1. The summed E-state index contributed by atoms with van der Waals surface area (Å²) in [6.07, 6.45) is 2.56. The fourth-order valence-electron chi connectivity index (χ4n) is 1.32. The van der Waals surface area contributed by atoms with Gasteiger partial charge in [0.1, 0.15) is 11.5 Å². The normalized spacial score (nSPS) is 15.0. The number of hydrogen-bond donors (Lipinski definition) is 3. The van der Waals surface area contributed by atoms with Crippen molar-refractivity contribution in [1.29, 1.82) is 0 Å². The lowest BCUT2D eigenvalue weighted by atomic mass is 10.4. The third kappa shape index (κ3) is 3.23. The van der Waals surface area contributed by atoms with Crippen LogP contribution in [0, 0.1) is 5.92 Å². The minimum atomic E-state index is -0.209. The van der Waals surface area contributed by atoms with Crippen molar-refractivity contribution in [1.82, 2.24) is 15.5 Å². The van der Waals surface area contributed by atoms with Gasteiger partial charge in [-0.15, -0.1) is 0 Å². The summed E-state index contributed by atoms with van der Waals surface area (Å²) >= 11 is 0. The second-order valence-corrected chi connectivity index (χ2v) is 3.98. The molecule has 16 heavy (non-hydrogen) atoms. The average molecular weight is 224 g/mol. The van der Waals surface area contributed by atoms with E-state index < -0.39 is 0 Å². The van der Waals surface area contributed by atoms with Crippen molar-refractivity contribution in [3.63, 3.8) is 0 Å². The zero-order valence-electron chi connectivity index (χ0n) is 9.03. The van der Waals surface area contributed by atoms with Gasteiger partial charge in [0.15, 0.2) is 0 Å². The molecule has 0 aliphatic heterocycles. The highest BCUT2D eigenvalue weighted by atomic mass is 16.5. The second kappa shape index (κ2) is 4.98. The first-order chi connectivity index (χ1) is 7.75. The summed E-state index contributed by atoms with van der Waals surface area (Å²) in [5.74, 6) is 0.859. The van der Waals surface area contributed by atoms with Gasteiger partial charge in [0, 0.05) is 19.2 Å². The Morgan fingerprint density at radius 1 is 1.69 bits per heavy atom. The molecule has 0 radical (unpaired) electrons. The monoisotopic (exact) mass is 224 g/mol. The van der Waals surface area contributed by atoms with Crippen LogP contribution in [-0.2, 0) is 4.74 Å². The summed E-state index contributed by atoms with van der Waals surface area (Å²) in [5, 5.41) is 8.94. The fraction of sp³-hybridized carbons (Fsp3) is 0.600. The molecule has 0 saturated heterocycles. The van der Waals surface area contributed by atoms with Crippen LogP contribution in [0.3, 0.4) is 0 Å². The smallest absolute Gasteiger partial charge is 0.269 e. The first-order valence-electron chi connectivity index (χ1n) is 5.42. The Hall–Kier alpha value is -1.56. The lowest BCUT2D eigenvalue weighted by molar-refractivity contribution is 0.0902. The Bertz CT molecular complexity index is 359. The third-order valence-electron chi connectivity index (χ3n) is 2.42. The molecule has 1 aromatic rings. The number of hydrogen-bond acceptors (Lipinski definition) is 4. The molecule has 1 fully saturated rings. The van der Waals surface area contributed by atoms with E-state index in [9.17, 15) is 4.79 Å². The van der Waals surface area contributed by atoms with Crippen molar-refractivity contribution < 1.29 is 9.53 Å². The van der Waals surface area contributed by atoms with Crippen LogP contribution in [-0.4, -0.2) is 35.9 Å². The van der Waals surface area contributed by atoms with E-state index in [-0.39, 0.29) is 5.91 Å². The molecule has 1 heterocycles. The maximum atomic E-state index is 11.5. The number of nitrogens with one attached hydrogen (secondary N) is 2. The minimum absolute atomic E-state index is 0.209.